The number of hydrogen-bond acceptors (Lipinski definition) is 4. The van der Waals surface area contributed by atoms with Crippen molar-refractivity contribution in [2.75, 3.05) is 13.1 Å². The number of amides is 1. The highest BCUT2D eigenvalue weighted by molar-refractivity contribution is 5.93. The van der Waals surface area contributed by atoms with Crippen LogP contribution in [-0.4, -0.2) is 38.4 Å². The van der Waals surface area contributed by atoms with Crippen molar-refractivity contribution in [1.29, 1.82) is 0 Å². The second kappa shape index (κ2) is 7.41. The summed E-state index contributed by atoms with van der Waals surface area (Å²) in [6.45, 7) is 1.90. The lowest BCUT2D eigenvalue weighted by Gasteiger charge is -2.42. The molecule has 6 rings (SSSR count). The Morgan fingerprint density at radius 2 is 1.72 bits per heavy atom. The van der Waals surface area contributed by atoms with Gasteiger partial charge in [-0.05, 0) is 46.9 Å². The van der Waals surface area contributed by atoms with Crippen LogP contribution < -0.4 is 5.56 Å². The summed E-state index contributed by atoms with van der Waals surface area (Å²) in [4.78, 5) is 36.3. The Hall–Kier alpha value is -3.80. The molecule has 32 heavy (non-hydrogen) atoms. The van der Waals surface area contributed by atoms with Gasteiger partial charge in [0.15, 0.2) is 0 Å². The van der Waals surface area contributed by atoms with Crippen molar-refractivity contribution < 1.29 is 4.79 Å². The van der Waals surface area contributed by atoms with Crippen LogP contribution in [0.2, 0.25) is 0 Å². The number of carbonyl (C=O) groups is 1. The molecule has 2 aliphatic heterocycles. The Balaban J connectivity index is 1.34. The van der Waals surface area contributed by atoms with Crippen LogP contribution in [0.25, 0.3) is 21.9 Å². The zero-order valence-corrected chi connectivity index (χ0v) is 17.5. The number of likely N-dealkylation sites (tertiary alicyclic amines) is 1. The molecule has 2 atom stereocenters. The molecule has 0 N–H and O–H groups in total. The maximum Gasteiger partial charge on any atom is 0.258 e. The first kappa shape index (κ1) is 18.9. The first-order valence-electron chi connectivity index (χ1n) is 10.9. The Bertz CT molecular complexity index is 1400. The lowest BCUT2D eigenvalue weighted by molar-refractivity contribution is 0.0594. The van der Waals surface area contributed by atoms with Crippen LogP contribution in [-0.2, 0) is 6.54 Å². The summed E-state index contributed by atoms with van der Waals surface area (Å²) >= 11 is 0. The average Bonchev–Trinajstić information content (AvgIpc) is 2.84. The molecule has 4 aromatic rings. The third-order valence-corrected chi connectivity index (χ3v) is 6.76. The van der Waals surface area contributed by atoms with Crippen molar-refractivity contribution in [3.8, 4) is 11.1 Å². The molecule has 4 heterocycles. The third kappa shape index (κ3) is 3.11. The van der Waals surface area contributed by atoms with E-state index in [1.165, 1.54) is 6.33 Å². The Labute approximate surface area is 185 Å². The molecular weight excluding hydrogens is 400 g/mol. The third-order valence-electron chi connectivity index (χ3n) is 6.76. The van der Waals surface area contributed by atoms with Gasteiger partial charge < -0.3 is 9.47 Å². The Kier molecular flexibility index (Phi) is 4.38. The predicted molar refractivity (Wildman–Crippen MR) is 122 cm³/mol. The van der Waals surface area contributed by atoms with Gasteiger partial charge in [0.2, 0.25) is 0 Å². The van der Waals surface area contributed by atoms with Gasteiger partial charge in [0, 0.05) is 49.2 Å². The normalized spacial score (nSPS) is 19.6. The molecule has 6 heteroatoms. The fourth-order valence-electron chi connectivity index (χ4n) is 5.28. The zero-order chi connectivity index (χ0) is 21.7. The summed E-state index contributed by atoms with van der Waals surface area (Å²) in [6, 6.07) is 18.4. The van der Waals surface area contributed by atoms with Crippen LogP contribution in [0.4, 0.5) is 0 Å². The highest BCUT2D eigenvalue weighted by Gasteiger charge is 2.37. The molecule has 6 nitrogen and oxygen atoms in total. The molecule has 2 bridgehead atoms. The van der Waals surface area contributed by atoms with Crippen molar-refractivity contribution in [2.24, 2.45) is 5.92 Å². The SMILES string of the molecule is O=C(c1cncnc1)N1CC2CC(C1)c1ccc(-c3ccc4ccccc4c3)c(=O)n1C2. The smallest absolute Gasteiger partial charge is 0.258 e. The van der Waals surface area contributed by atoms with E-state index in [0.717, 1.165) is 34.0 Å². The van der Waals surface area contributed by atoms with Gasteiger partial charge in [-0.2, -0.15) is 0 Å². The van der Waals surface area contributed by atoms with E-state index in [0.29, 0.717) is 25.2 Å². The largest absolute Gasteiger partial charge is 0.338 e. The van der Waals surface area contributed by atoms with Crippen molar-refractivity contribution in [3.05, 3.63) is 94.9 Å². The minimum atomic E-state index is -0.0381. The summed E-state index contributed by atoms with van der Waals surface area (Å²) in [5.41, 5.74) is 3.27. The summed E-state index contributed by atoms with van der Waals surface area (Å²) in [7, 11) is 0. The molecule has 2 aromatic heterocycles. The molecule has 2 aromatic carbocycles. The van der Waals surface area contributed by atoms with Gasteiger partial charge in [0.25, 0.3) is 11.5 Å². The second-order valence-corrected chi connectivity index (χ2v) is 8.79. The molecule has 2 aliphatic rings. The van der Waals surface area contributed by atoms with E-state index in [-0.39, 0.29) is 23.3 Å². The Morgan fingerprint density at radius 1 is 0.906 bits per heavy atom. The van der Waals surface area contributed by atoms with Crippen LogP contribution in [0.3, 0.4) is 0 Å². The van der Waals surface area contributed by atoms with Gasteiger partial charge in [-0.1, -0.05) is 36.4 Å². The standard InChI is InChI=1S/C26H22N4O2/c31-25(22-11-27-16-28-12-22)29-13-17-9-21(15-29)24-8-7-23(26(32)30(24)14-17)20-6-5-18-3-1-2-4-19(18)10-20/h1-8,10-12,16-17,21H,9,13-15H2. The lowest BCUT2D eigenvalue weighted by atomic mass is 9.82. The fraction of sp³-hybridized carbons (Fsp3) is 0.231. The first-order valence-corrected chi connectivity index (χ1v) is 10.9. The fourth-order valence-corrected chi connectivity index (χ4v) is 5.28. The summed E-state index contributed by atoms with van der Waals surface area (Å²) < 4.78 is 1.94. The number of rotatable bonds is 2. The number of piperidine rings is 1. The van der Waals surface area contributed by atoms with Gasteiger partial charge in [-0.25, -0.2) is 9.97 Å². The maximum absolute atomic E-state index is 13.5. The molecule has 2 unspecified atom stereocenters. The highest BCUT2D eigenvalue weighted by atomic mass is 16.2. The van der Waals surface area contributed by atoms with Crippen LogP contribution in [0.15, 0.2) is 78.1 Å². The van der Waals surface area contributed by atoms with E-state index in [9.17, 15) is 9.59 Å². The molecule has 1 fully saturated rings. The summed E-state index contributed by atoms with van der Waals surface area (Å²) in [5, 5.41) is 2.29. The number of pyridine rings is 1. The van der Waals surface area contributed by atoms with Crippen molar-refractivity contribution in [3.63, 3.8) is 0 Å². The van der Waals surface area contributed by atoms with Gasteiger partial charge in [0.05, 0.1) is 5.56 Å². The second-order valence-electron chi connectivity index (χ2n) is 8.79. The molecule has 158 valence electrons. The van der Waals surface area contributed by atoms with Crippen LogP contribution in [0.5, 0.6) is 0 Å². The van der Waals surface area contributed by atoms with Crippen LogP contribution in [0.1, 0.15) is 28.4 Å². The topological polar surface area (TPSA) is 68.1 Å². The number of fused-ring (bicyclic) bond motifs is 5. The molecule has 1 saturated heterocycles. The molecule has 0 radical (unpaired) electrons. The van der Waals surface area contributed by atoms with Crippen molar-refractivity contribution in [2.45, 2.75) is 18.9 Å². The zero-order valence-electron chi connectivity index (χ0n) is 17.5. The van der Waals surface area contributed by atoms with E-state index in [2.05, 4.69) is 40.3 Å². The predicted octanol–water partition coefficient (Wildman–Crippen LogP) is 3.72. The molecule has 0 saturated carbocycles. The van der Waals surface area contributed by atoms with E-state index in [4.69, 9.17) is 0 Å². The van der Waals surface area contributed by atoms with Gasteiger partial charge in [-0.3, -0.25) is 9.59 Å². The van der Waals surface area contributed by atoms with Gasteiger partial charge in [0.1, 0.15) is 6.33 Å². The number of benzene rings is 2. The van der Waals surface area contributed by atoms with E-state index in [1.807, 2.05) is 33.7 Å². The lowest BCUT2D eigenvalue weighted by Crippen LogP contribution is -2.49. The summed E-state index contributed by atoms with van der Waals surface area (Å²) in [5.74, 6) is 0.387. The van der Waals surface area contributed by atoms with Crippen molar-refractivity contribution in [1.82, 2.24) is 19.4 Å². The highest BCUT2D eigenvalue weighted by Crippen LogP contribution is 2.36. The number of hydrogen-bond donors (Lipinski definition) is 0. The Morgan fingerprint density at radius 3 is 2.56 bits per heavy atom. The number of nitrogens with zero attached hydrogens (tertiary/aromatic N) is 4. The van der Waals surface area contributed by atoms with E-state index in [1.54, 1.807) is 12.4 Å². The van der Waals surface area contributed by atoms with E-state index < -0.39 is 0 Å². The van der Waals surface area contributed by atoms with E-state index >= 15 is 0 Å². The quantitative estimate of drug-likeness (QED) is 0.494. The first-order chi connectivity index (χ1) is 15.7. The number of aromatic nitrogens is 3. The maximum atomic E-state index is 13.5. The monoisotopic (exact) mass is 422 g/mol. The summed E-state index contributed by atoms with van der Waals surface area (Å²) in [6.07, 6.45) is 5.56. The molecule has 0 spiro atoms. The molecule has 1 amide bonds. The van der Waals surface area contributed by atoms with Crippen LogP contribution >= 0.6 is 0 Å². The number of carbonyl (C=O) groups excluding carboxylic acids is 1. The van der Waals surface area contributed by atoms with Crippen LogP contribution in [0, 0.1) is 5.92 Å². The van der Waals surface area contributed by atoms with Gasteiger partial charge >= 0.3 is 0 Å². The van der Waals surface area contributed by atoms with Crippen molar-refractivity contribution >= 4 is 16.7 Å². The molecule has 0 aliphatic carbocycles. The molecular formula is C26H22N4O2. The minimum Gasteiger partial charge on any atom is -0.338 e. The van der Waals surface area contributed by atoms with Gasteiger partial charge in [-0.15, -0.1) is 0 Å². The minimum absolute atomic E-state index is 0.0381. The average molecular weight is 422 g/mol.